The number of aryl methyl sites for hydroxylation is 1. The van der Waals surface area contributed by atoms with Crippen molar-refractivity contribution in [2.75, 3.05) is 26.7 Å². The molecule has 6 heteroatoms. The van der Waals surface area contributed by atoms with E-state index in [2.05, 4.69) is 62.2 Å². The third-order valence-corrected chi connectivity index (χ3v) is 8.06. The van der Waals surface area contributed by atoms with Crippen LogP contribution in [0.5, 0.6) is 5.75 Å². The lowest BCUT2D eigenvalue weighted by atomic mass is 10.0. The largest absolute Gasteiger partial charge is 0.496 e. The lowest BCUT2D eigenvalue weighted by molar-refractivity contribution is -0.116. The van der Waals surface area contributed by atoms with Crippen molar-refractivity contribution < 1.29 is 9.53 Å². The number of nitrogens with zero attached hydrogens (tertiary/aromatic N) is 2. The molecule has 31 heavy (non-hydrogen) atoms. The first-order chi connectivity index (χ1) is 15.0. The van der Waals surface area contributed by atoms with Crippen molar-refractivity contribution in [3.05, 3.63) is 58.9 Å². The van der Waals surface area contributed by atoms with E-state index in [1.807, 2.05) is 17.2 Å². The maximum atomic E-state index is 12.0. The van der Waals surface area contributed by atoms with Gasteiger partial charge in [-0.3, -0.25) is 4.79 Å². The van der Waals surface area contributed by atoms with Gasteiger partial charge in [-0.05, 0) is 80.4 Å². The number of carbonyl (C=O) groups is 1. The van der Waals surface area contributed by atoms with Crippen molar-refractivity contribution in [3.63, 3.8) is 0 Å². The van der Waals surface area contributed by atoms with Crippen molar-refractivity contribution in [2.45, 2.75) is 52.4 Å². The molecule has 1 fully saturated rings. The number of piperidine rings is 1. The minimum atomic E-state index is 0.0640. The predicted octanol–water partition coefficient (Wildman–Crippen LogP) is 4.70. The molecule has 2 aliphatic rings. The highest BCUT2D eigenvalue weighted by atomic mass is 31.1. The third-order valence-electron chi connectivity index (χ3n) is 6.15. The standard InChI is InChI=1S/C25H36N3O2P/c1-6-24(20-8-9-23(30-5)18(3)14-20)31-25-19(4)15-22(16-28(25)17-29)27-12-10-21(11-13-27)26-7-2/h6,8-9,14-17,21,25-26,31H,7,10-13H2,1-5H3/b24-6-. The van der Waals surface area contributed by atoms with Gasteiger partial charge in [-0.1, -0.05) is 27.6 Å². The Balaban J connectivity index is 1.74. The number of nitrogens with one attached hydrogen (secondary N) is 1. The summed E-state index contributed by atoms with van der Waals surface area (Å²) in [5.74, 6) is 0.963. The van der Waals surface area contributed by atoms with E-state index in [4.69, 9.17) is 4.74 Å². The van der Waals surface area contributed by atoms with Gasteiger partial charge in [-0.25, -0.2) is 0 Å². The predicted molar refractivity (Wildman–Crippen MR) is 131 cm³/mol. The Labute approximate surface area is 189 Å². The maximum Gasteiger partial charge on any atom is 0.214 e. The highest BCUT2D eigenvalue weighted by Gasteiger charge is 2.27. The Bertz CT molecular complexity index is 870. The van der Waals surface area contributed by atoms with Crippen LogP contribution in [0.25, 0.3) is 5.31 Å². The Morgan fingerprint density at radius 3 is 2.61 bits per heavy atom. The summed E-state index contributed by atoms with van der Waals surface area (Å²) < 4.78 is 5.41. The Morgan fingerprint density at radius 2 is 2.03 bits per heavy atom. The molecule has 1 amide bonds. The van der Waals surface area contributed by atoms with Gasteiger partial charge in [0.25, 0.3) is 0 Å². The van der Waals surface area contributed by atoms with Crippen molar-refractivity contribution >= 4 is 20.3 Å². The summed E-state index contributed by atoms with van der Waals surface area (Å²) in [6, 6.07) is 6.91. The molecule has 1 saturated heterocycles. The van der Waals surface area contributed by atoms with E-state index in [0.717, 1.165) is 55.9 Å². The number of benzene rings is 1. The molecule has 1 N–H and O–H groups in total. The molecule has 168 valence electrons. The second-order valence-corrected chi connectivity index (χ2v) is 9.62. The summed E-state index contributed by atoms with van der Waals surface area (Å²) in [5, 5.41) is 4.82. The van der Waals surface area contributed by atoms with E-state index >= 15 is 0 Å². The van der Waals surface area contributed by atoms with E-state index in [1.54, 1.807) is 7.11 Å². The number of carbonyl (C=O) groups excluding carboxylic acids is 1. The first-order valence-electron chi connectivity index (χ1n) is 11.2. The number of rotatable bonds is 8. The summed E-state index contributed by atoms with van der Waals surface area (Å²) in [5.41, 5.74) is 4.71. The molecule has 0 bridgehead atoms. The average Bonchev–Trinajstić information content (AvgIpc) is 2.78. The molecule has 3 rings (SSSR count). The summed E-state index contributed by atoms with van der Waals surface area (Å²) in [7, 11) is 2.18. The molecule has 0 saturated carbocycles. The lowest BCUT2D eigenvalue weighted by Crippen LogP contribution is -2.43. The minimum absolute atomic E-state index is 0.0640. The summed E-state index contributed by atoms with van der Waals surface area (Å²) >= 11 is 0. The smallest absolute Gasteiger partial charge is 0.214 e. The molecule has 5 nitrogen and oxygen atoms in total. The van der Waals surface area contributed by atoms with Crippen molar-refractivity contribution in [3.8, 4) is 5.75 Å². The fourth-order valence-corrected chi connectivity index (χ4v) is 5.80. The van der Waals surface area contributed by atoms with Gasteiger partial charge in [0.15, 0.2) is 0 Å². The summed E-state index contributed by atoms with van der Waals surface area (Å²) in [6.07, 6.45) is 9.75. The van der Waals surface area contributed by atoms with Crippen LogP contribution in [0.3, 0.4) is 0 Å². The molecular formula is C25H36N3O2P. The van der Waals surface area contributed by atoms with E-state index in [-0.39, 0.29) is 5.78 Å². The highest BCUT2D eigenvalue weighted by Crippen LogP contribution is 2.44. The van der Waals surface area contributed by atoms with E-state index in [9.17, 15) is 4.79 Å². The van der Waals surface area contributed by atoms with Crippen LogP contribution in [0.2, 0.25) is 0 Å². The molecule has 1 aromatic rings. The third kappa shape index (κ3) is 5.58. The second-order valence-electron chi connectivity index (χ2n) is 8.25. The quantitative estimate of drug-likeness (QED) is 0.469. The topological polar surface area (TPSA) is 44.8 Å². The van der Waals surface area contributed by atoms with Gasteiger partial charge in [-0.2, -0.15) is 0 Å². The van der Waals surface area contributed by atoms with E-state index in [1.165, 1.54) is 16.5 Å². The summed E-state index contributed by atoms with van der Waals surface area (Å²) in [4.78, 5) is 16.3. The van der Waals surface area contributed by atoms with Crippen LogP contribution >= 0.6 is 8.58 Å². The highest BCUT2D eigenvalue weighted by molar-refractivity contribution is 7.51. The van der Waals surface area contributed by atoms with Crippen LogP contribution in [0.4, 0.5) is 0 Å². The van der Waals surface area contributed by atoms with E-state index in [0.29, 0.717) is 14.6 Å². The zero-order chi connectivity index (χ0) is 22.4. The molecule has 0 spiro atoms. The maximum absolute atomic E-state index is 12.0. The number of hydrogen-bond acceptors (Lipinski definition) is 4. The van der Waals surface area contributed by atoms with Gasteiger partial charge in [0.1, 0.15) is 5.75 Å². The van der Waals surface area contributed by atoms with Crippen LogP contribution in [0, 0.1) is 6.92 Å². The van der Waals surface area contributed by atoms with Gasteiger partial charge in [-0.15, -0.1) is 0 Å². The Morgan fingerprint density at radius 1 is 1.29 bits per heavy atom. The second kappa shape index (κ2) is 11.0. The number of ether oxygens (including phenoxy) is 1. The molecule has 0 radical (unpaired) electrons. The van der Waals surface area contributed by atoms with Crippen molar-refractivity contribution in [2.24, 2.45) is 0 Å². The Hall–Kier alpha value is -2.10. The molecule has 0 aromatic heterocycles. The van der Waals surface area contributed by atoms with E-state index < -0.39 is 0 Å². The molecule has 1 aromatic carbocycles. The molecule has 2 unspecified atom stereocenters. The zero-order valence-corrected chi connectivity index (χ0v) is 20.4. The molecule has 2 atom stereocenters. The normalized spacial score (nSPS) is 20.8. The van der Waals surface area contributed by atoms with Gasteiger partial charge in [0, 0.05) is 25.3 Å². The van der Waals surface area contributed by atoms with Crippen molar-refractivity contribution in [1.29, 1.82) is 0 Å². The van der Waals surface area contributed by atoms with Gasteiger partial charge in [0.2, 0.25) is 6.41 Å². The van der Waals surface area contributed by atoms with Crippen LogP contribution < -0.4 is 10.1 Å². The zero-order valence-electron chi connectivity index (χ0n) is 19.4. The SMILES string of the molecule is C/C=C(\PC1C(C)=CC(N2CCC(NCC)CC2)=CN1C=O)c1ccc(OC)c(C)c1. The monoisotopic (exact) mass is 441 g/mol. The molecule has 2 aliphatic heterocycles. The van der Waals surface area contributed by atoms with Gasteiger partial charge in [0.05, 0.1) is 18.6 Å². The number of likely N-dealkylation sites (tertiary alicyclic amines) is 1. The molecular weight excluding hydrogens is 405 g/mol. The average molecular weight is 442 g/mol. The fraction of sp³-hybridized carbons (Fsp3) is 0.480. The first kappa shape index (κ1) is 23.6. The lowest BCUT2D eigenvalue weighted by Gasteiger charge is -2.38. The van der Waals surface area contributed by atoms with Gasteiger partial charge >= 0.3 is 0 Å². The van der Waals surface area contributed by atoms with Crippen LogP contribution in [0.15, 0.2) is 47.8 Å². The number of amides is 1. The first-order valence-corrected chi connectivity index (χ1v) is 12.3. The molecule has 2 heterocycles. The fourth-order valence-electron chi connectivity index (χ4n) is 4.42. The molecule has 0 aliphatic carbocycles. The summed E-state index contributed by atoms with van der Waals surface area (Å²) in [6.45, 7) is 11.5. The Kier molecular flexibility index (Phi) is 8.34. The number of methoxy groups -OCH3 is 1. The number of hydrogen-bond donors (Lipinski definition) is 1. The van der Waals surface area contributed by atoms with Crippen LogP contribution in [0.1, 0.15) is 44.7 Å². The van der Waals surface area contributed by atoms with Crippen molar-refractivity contribution in [1.82, 2.24) is 15.1 Å². The van der Waals surface area contributed by atoms with Crippen LogP contribution in [-0.4, -0.2) is 54.8 Å². The minimum Gasteiger partial charge on any atom is -0.496 e. The van der Waals surface area contributed by atoms with Gasteiger partial charge < -0.3 is 19.9 Å². The van der Waals surface area contributed by atoms with Crippen LogP contribution in [-0.2, 0) is 4.79 Å². The number of allylic oxidation sites excluding steroid dienone is 2.